The van der Waals surface area contributed by atoms with Gasteiger partial charge >= 0.3 is 6.18 Å². The SMILES string of the molecule is CCN(CC)CCCOc1ccc(Nc2ncc(C(F)(F)F)c(N3OCC[C@H]3c3ccccc3)n2)cc1. The molecule has 4 rings (SSSR count). The van der Waals surface area contributed by atoms with Crippen molar-refractivity contribution < 1.29 is 22.7 Å². The quantitative estimate of drug-likeness (QED) is 0.304. The van der Waals surface area contributed by atoms with E-state index in [4.69, 9.17) is 9.57 Å². The lowest BCUT2D eigenvalue weighted by atomic mass is 10.0. The van der Waals surface area contributed by atoms with E-state index in [2.05, 4.69) is 34.0 Å². The smallest absolute Gasteiger partial charge is 0.421 e. The number of nitrogens with one attached hydrogen (secondary N) is 1. The molecule has 1 saturated heterocycles. The molecule has 2 heterocycles. The summed E-state index contributed by atoms with van der Waals surface area (Å²) in [6, 6.07) is 16.1. The fourth-order valence-electron chi connectivity index (χ4n) is 4.24. The van der Waals surface area contributed by atoms with Crippen molar-refractivity contribution >= 4 is 17.5 Å². The topological polar surface area (TPSA) is 62.8 Å². The van der Waals surface area contributed by atoms with Gasteiger partial charge in [0.2, 0.25) is 5.95 Å². The normalized spacial score (nSPS) is 15.8. The van der Waals surface area contributed by atoms with Crippen LogP contribution < -0.4 is 15.1 Å². The molecule has 0 radical (unpaired) electrons. The highest BCUT2D eigenvalue weighted by atomic mass is 19.4. The molecule has 7 nitrogen and oxygen atoms in total. The highest BCUT2D eigenvalue weighted by Crippen LogP contribution is 2.41. The molecular formula is C27H32F3N5O2. The monoisotopic (exact) mass is 515 g/mol. The predicted octanol–water partition coefficient (Wildman–Crippen LogP) is 6.23. The van der Waals surface area contributed by atoms with E-state index >= 15 is 0 Å². The first-order valence-corrected chi connectivity index (χ1v) is 12.5. The van der Waals surface area contributed by atoms with Crippen molar-refractivity contribution in [2.45, 2.75) is 38.9 Å². The third-order valence-corrected chi connectivity index (χ3v) is 6.26. The summed E-state index contributed by atoms with van der Waals surface area (Å²) < 4.78 is 47.4. The van der Waals surface area contributed by atoms with Crippen molar-refractivity contribution in [3.63, 3.8) is 0 Å². The summed E-state index contributed by atoms with van der Waals surface area (Å²) in [5.41, 5.74) is 0.534. The molecular weight excluding hydrogens is 483 g/mol. The molecule has 1 atom stereocenters. The zero-order chi connectivity index (χ0) is 26.3. The second kappa shape index (κ2) is 12.2. The minimum Gasteiger partial charge on any atom is -0.494 e. The van der Waals surface area contributed by atoms with Crippen molar-refractivity contribution in [2.24, 2.45) is 0 Å². The Kier molecular flexibility index (Phi) is 8.83. The maximum atomic E-state index is 13.8. The first-order valence-electron chi connectivity index (χ1n) is 12.5. The van der Waals surface area contributed by atoms with Crippen LogP contribution in [0.15, 0.2) is 60.8 Å². The maximum absolute atomic E-state index is 13.8. The molecule has 0 saturated carbocycles. The minimum absolute atomic E-state index is 0.0400. The Bertz CT molecular complexity index is 1130. The van der Waals surface area contributed by atoms with Gasteiger partial charge in [-0.2, -0.15) is 18.2 Å². The van der Waals surface area contributed by atoms with Gasteiger partial charge in [-0.15, -0.1) is 0 Å². The van der Waals surface area contributed by atoms with E-state index in [1.54, 1.807) is 24.3 Å². The summed E-state index contributed by atoms with van der Waals surface area (Å²) in [6.45, 7) is 8.18. The molecule has 37 heavy (non-hydrogen) atoms. The Morgan fingerprint density at radius 1 is 1.08 bits per heavy atom. The summed E-state index contributed by atoms with van der Waals surface area (Å²) in [5.74, 6) is 0.443. The zero-order valence-electron chi connectivity index (χ0n) is 21.0. The van der Waals surface area contributed by atoms with Crippen LogP contribution in [0.1, 0.15) is 43.9 Å². The molecule has 1 N–H and O–H groups in total. The molecule has 3 aromatic rings. The van der Waals surface area contributed by atoms with Crippen molar-refractivity contribution in [3.8, 4) is 5.75 Å². The fraction of sp³-hybridized carbons (Fsp3) is 0.407. The molecule has 10 heteroatoms. The van der Waals surface area contributed by atoms with E-state index in [-0.39, 0.29) is 17.8 Å². The second-order valence-electron chi connectivity index (χ2n) is 8.68. The van der Waals surface area contributed by atoms with Crippen LogP contribution in [0.2, 0.25) is 0 Å². The molecule has 198 valence electrons. The van der Waals surface area contributed by atoms with Gasteiger partial charge in [-0.3, -0.25) is 4.84 Å². The number of ether oxygens (including phenoxy) is 1. The summed E-state index contributed by atoms with van der Waals surface area (Å²) in [5, 5.41) is 4.24. The molecule has 0 bridgehead atoms. The number of halogens is 3. The van der Waals surface area contributed by atoms with Crippen LogP contribution in [0.3, 0.4) is 0 Å². The Hall–Kier alpha value is -3.37. The number of anilines is 3. The number of benzene rings is 2. The molecule has 1 aliphatic heterocycles. The van der Waals surface area contributed by atoms with Crippen molar-refractivity contribution in [2.75, 3.05) is 43.2 Å². The van der Waals surface area contributed by atoms with Crippen molar-refractivity contribution in [1.82, 2.24) is 14.9 Å². The minimum atomic E-state index is -4.63. The number of alkyl halides is 3. The highest BCUT2D eigenvalue weighted by molar-refractivity contribution is 5.58. The van der Waals surface area contributed by atoms with Crippen LogP contribution in [-0.2, 0) is 11.0 Å². The molecule has 2 aromatic carbocycles. The lowest BCUT2D eigenvalue weighted by molar-refractivity contribution is -0.138. The number of nitrogens with zero attached hydrogens (tertiary/aromatic N) is 4. The van der Waals surface area contributed by atoms with Gasteiger partial charge in [-0.1, -0.05) is 44.2 Å². The predicted molar refractivity (Wildman–Crippen MR) is 137 cm³/mol. The first-order chi connectivity index (χ1) is 17.9. The first kappa shape index (κ1) is 26.7. The molecule has 0 aliphatic carbocycles. The summed E-state index contributed by atoms with van der Waals surface area (Å²) in [7, 11) is 0. The molecule has 0 spiro atoms. The highest BCUT2D eigenvalue weighted by Gasteiger charge is 2.40. The van der Waals surface area contributed by atoms with Gasteiger partial charge in [0.25, 0.3) is 0 Å². The van der Waals surface area contributed by atoms with Gasteiger partial charge in [0.05, 0.1) is 19.3 Å². The number of hydrogen-bond acceptors (Lipinski definition) is 7. The van der Waals surface area contributed by atoms with Crippen molar-refractivity contribution in [1.29, 1.82) is 0 Å². The Morgan fingerprint density at radius 2 is 1.81 bits per heavy atom. The fourth-order valence-corrected chi connectivity index (χ4v) is 4.24. The number of rotatable bonds is 11. The van der Waals surface area contributed by atoms with Crippen LogP contribution in [0.4, 0.5) is 30.6 Å². The molecule has 1 aliphatic rings. The van der Waals surface area contributed by atoms with Crippen molar-refractivity contribution in [3.05, 3.63) is 71.9 Å². The van der Waals surface area contributed by atoms with Crippen LogP contribution >= 0.6 is 0 Å². The third-order valence-electron chi connectivity index (χ3n) is 6.26. The Balaban J connectivity index is 1.47. The number of hydrogen-bond donors (Lipinski definition) is 1. The van der Waals surface area contributed by atoms with E-state index in [1.807, 2.05) is 30.3 Å². The third kappa shape index (κ3) is 6.90. The number of hydroxylamine groups is 1. The van der Waals surface area contributed by atoms with E-state index in [9.17, 15) is 13.2 Å². The Labute approximate surface area is 215 Å². The van der Waals surface area contributed by atoms with Gasteiger partial charge in [0.15, 0.2) is 5.82 Å². The average molecular weight is 516 g/mol. The average Bonchev–Trinajstić information content (AvgIpc) is 3.40. The van der Waals surface area contributed by atoms with Crippen LogP contribution in [-0.4, -0.2) is 47.7 Å². The van der Waals surface area contributed by atoms with Gasteiger partial charge in [0.1, 0.15) is 11.3 Å². The maximum Gasteiger partial charge on any atom is 0.421 e. The summed E-state index contributed by atoms with van der Waals surface area (Å²) in [4.78, 5) is 16.1. The standard InChI is InChI=1S/C27H32F3N5O2/c1-3-34(4-2)16-8-17-36-22-13-11-21(12-14-22)32-26-31-19-23(27(28,29)30)25(33-26)35-24(15-18-37-35)20-9-6-5-7-10-20/h5-7,9-14,19,24H,3-4,8,15-18H2,1-2H3,(H,31,32,33)/t24-/m0/s1. The summed E-state index contributed by atoms with van der Waals surface area (Å²) in [6.07, 6.45) is -2.37. The van der Waals surface area contributed by atoms with Crippen LogP contribution in [0, 0.1) is 0 Å². The second-order valence-corrected chi connectivity index (χ2v) is 8.68. The lowest BCUT2D eigenvalue weighted by Gasteiger charge is -2.26. The Morgan fingerprint density at radius 3 is 2.49 bits per heavy atom. The largest absolute Gasteiger partial charge is 0.494 e. The van der Waals surface area contributed by atoms with Crippen LogP contribution in [0.25, 0.3) is 0 Å². The van der Waals surface area contributed by atoms with E-state index in [1.165, 1.54) is 5.06 Å². The van der Waals surface area contributed by atoms with Gasteiger partial charge in [-0.25, -0.2) is 10.0 Å². The zero-order valence-corrected chi connectivity index (χ0v) is 21.0. The van der Waals surface area contributed by atoms with Gasteiger partial charge in [-0.05, 0) is 49.3 Å². The van der Waals surface area contributed by atoms with E-state index < -0.39 is 11.7 Å². The lowest BCUT2D eigenvalue weighted by Crippen LogP contribution is -2.26. The molecule has 1 fully saturated rings. The van der Waals surface area contributed by atoms with E-state index in [0.29, 0.717) is 25.3 Å². The summed E-state index contributed by atoms with van der Waals surface area (Å²) >= 11 is 0. The van der Waals surface area contributed by atoms with Gasteiger partial charge < -0.3 is 15.0 Å². The van der Waals surface area contributed by atoms with Crippen LogP contribution in [0.5, 0.6) is 5.75 Å². The van der Waals surface area contributed by atoms with Gasteiger partial charge in [0, 0.05) is 24.8 Å². The molecule has 0 amide bonds. The molecule has 0 unspecified atom stereocenters. The molecule has 1 aromatic heterocycles. The van der Waals surface area contributed by atoms with E-state index in [0.717, 1.165) is 43.6 Å². The number of aromatic nitrogens is 2.